The van der Waals surface area contributed by atoms with E-state index in [0.717, 1.165) is 11.1 Å². The Kier molecular flexibility index (Phi) is 5.30. The molecule has 0 aliphatic carbocycles. The van der Waals surface area contributed by atoms with Crippen molar-refractivity contribution in [3.63, 3.8) is 0 Å². The van der Waals surface area contributed by atoms with E-state index >= 15 is 0 Å². The van der Waals surface area contributed by atoms with Crippen LogP contribution in [0.3, 0.4) is 0 Å². The van der Waals surface area contributed by atoms with E-state index < -0.39 is 9.62 Å². The van der Waals surface area contributed by atoms with Crippen molar-refractivity contribution in [1.29, 1.82) is 9.56 Å². The highest BCUT2D eigenvalue weighted by molar-refractivity contribution is 7.96. The fourth-order valence-electron chi connectivity index (χ4n) is 1.71. The van der Waals surface area contributed by atoms with Crippen LogP contribution in [0.5, 0.6) is 0 Å². The number of benzene rings is 1. The van der Waals surface area contributed by atoms with Crippen LogP contribution in [0.4, 0.5) is 0 Å². The second kappa shape index (κ2) is 6.52. The summed E-state index contributed by atoms with van der Waals surface area (Å²) in [4.78, 5) is 11.1. The monoisotopic (exact) mass is 280 g/mol. The van der Waals surface area contributed by atoms with Gasteiger partial charge in [-0.15, -0.1) is 0 Å². The molecule has 1 unspecified atom stereocenters. The average Bonchev–Trinajstić information content (AvgIpc) is 2.44. The molecule has 19 heavy (non-hydrogen) atoms. The van der Waals surface area contributed by atoms with E-state index in [4.69, 9.17) is 9.56 Å². The number of nitrogens with one attached hydrogen (secondary N) is 2. The minimum atomic E-state index is -2.33. The Bertz CT molecular complexity index is 565. The van der Waals surface area contributed by atoms with Crippen LogP contribution >= 0.6 is 0 Å². The zero-order chi connectivity index (χ0) is 14.5. The van der Waals surface area contributed by atoms with Crippen molar-refractivity contribution in [3.05, 3.63) is 47.4 Å². The van der Waals surface area contributed by atoms with Gasteiger partial charge in [0.25, 0.3) is 0 Å². The van der Waals surface area contributed by atoms with Gasteiger partial charge < -0.3 is 4.74 Å². The van der Waals surface area contributed by atoms with Crippen LogP contribution in [-0.2, 0) is 25.6 Å². The Balaban J connectivity index is 2.88. The molecule has 104 valence electrons. The van der Waals surface area contributed by atoms with Crippen LogP contribution in [0.2, 0.25) is 0 Å². The summed E-state index contributed by atoms with van der Waals surface area (Å²) in [6.07, 6.45) is 0.954. The second-order valence-electron chi connectivity index (χ2n) is 4.34. The molecule has 1 aromatic rings. The lowest BCUT2D eigenvalue weighted by atomic mass is 10.0. The summed E-state index contributed by atoms with van der Waals surface area (Å²) in [5, 5.41) is 1.22. The molecule has 0 fully saturated rings. The van der Waals surface area contributed by atoms with E-state index in [9.17, 15) is 4.79 Å². The molecule has 0 aliphatic rings. The van der Waals surface area contributed by atoms with Crippen molar-refractivity contribution in [1.82, 2.24) is 0 Å². The standard InChI is InChI=1S/C14H20N2O2S/c1-4-19(15,16)11(2)13-7-5-6-12(10-13)8-9-14(17)18-3/h4-7,10-11,15-16H,1,8-9H2,2-3H3. The molecule has 0 saturated carbocycles. The van der Waals surface area contributed by atoms with Gasteiger partial charge in [0, 0.05) is 6.42 Å². The van der Waals surface area contributed by atoms with Crippen molar-refractivity contribution in [2.75, 3.05) is 7.11 Å². The largest absolute Gasteiger partial charge is 0.469 e. The zero-order valence-electron chi connectivity index (χ0n) is 11.3. The van der Waals surface area contributed by atoms with Gasteiger partial charge >= 0.3 is 5.97 Å². The van der Waals surface area contributed by atoms with Crippen molar-refractivity contribution in [3.8, 4) is 0 Å². The number of aryl methyl sites for hydroxylation is 1. The average molecular weight is 280 g/mol. The Morgan fingerprint density at radius 3 is 2.79 bits per heavy atom. The maximum Gasteiger partial charge on any atom is 0.305 e. The molecule has 2 N–H and O–H groups in total. The lowest BCUT2D eigenvalue weighted by molar-refractivity contribution is -0.140. The van der Waals surface area contributed by atoms with E-state index in [0.29, 0.717) is 12.8 Å². The lowest BCUT2D eigenvalue weighted by Gasteiger charge is -2.16. The minimum Gasteiger partial charge on any atom is -0.469 e. The molecule has 1 atom stereocenters. The van der Waals surface area contributed by atoms with Gasteiger partial charge in [-0.05, 0) is 39.5 Å². The number of hydrogen-bond donors (Lipinski definition) is 2. The first-order valence-corrected chi connectivity index (χ1v) is 7.76. The smallest absolute Gasteiger partial charge is 0.305 e. The molecule has 0 radical (unpaired) electrons. The number of carbonyl (C=O) groups excluding carboxylic acids is 1. The molecule has 0 heterocycles. The molecule has 5 heteroatoms. The van der Waals surface area contributed by atoms with Gasteiger partial charge in [0.2, 0.25) is 0 Å². The first kappa shape index (κ1) is 15.4. The Labute approximate surface area is 114 Å². The summed E-state index contributed by atoms with van der Waals surface area (Å²) in [5.74, 6) is -0.231. The summed E-state index contributed by atoms with van der Waals surface area (Å²) in [6.45, 7) is 5.44. The third kappa shape index (κ3) is 4.21. The van der Waals surface area contributed by atoms with Gasteiger partial charge in [-0.1, -0.05) is 30.8 Å². The van der Waals surface area contributed by atoms with Gasteiger partial charge in [0.1, 0.15) is 0 Å². The van der Waals surface area contributed by atoms with Crippen LogP contribution in [0, 0.1) is 9.56 Å². The topological polar surface area (TPSA) is 74.0 Å². The van der Waals surface area contributed by atoms with Crippen molar-refractivity contribution in [2.45, 2.75) is 25.0 Å². The fourth-order valence-corrected chi connectivity index (χ4v) is 2.57. The van der Waals surface area contributed by atoms with Crippen LogP contribution in [0.1, 0.15) is 29.7 Å². The third-order valence-corrected chi connectivity index (χ3v) is 5.00. The lowest BCUT2D eigenvalue weighted by Crippen LogP contribution is -2.05. The highest BCUT2D eigenvalue weighted by Crippen LogP contribution is 2.25. The quantitative estimate of drug-likeness (QED) is 0.780. The summed E-state index contributed by atoms with van der Waals surface area (Å²) in [5.41, 5.74) is 1.97. The fraction of sp³-hybridized carbons (Fsp3) is 0.357. The second-order valence-corrected chi connectivity index (χ2v) is 6.80. The number of ether oxygens (including phenoxy) is 1. The van der Waals surface area contributed by atoms with Crippen LogP contribution in [0.15, 0.2) is 36.3 Å². The zero-order valence-corrected chi connectivity index (χ0v) is 12.1. The maximum absolute atomic E-state index is 11.1. The molecular weight excluding hydrogens is 260 g/mol. The third-order valence-electron chi connectivity index (χ3n) is 3.09. The predicted octanol–water partition coefficient (Wildman–Crippen LogP) is 3.68. The van der Waals surface area contributed by atoms with Gasteiger partial charge in [-0.3, -0.25) is 14.4 Å². The molecule has 0 saturated heterocycles. The normalized spacial score (nSPS) is 12.7. The first-order valence-electron chi connectivity index (χ1n) is 6.00. The Morgan fingerprint density at radius 1 is 1.53 bits per heavy atom. The maximum atomic E-state index is 11.1. The Morgan fingerprint density at radius 2 is 2.21 bits per heavy atom. The number of carbonyl (C=O) groups is 1. The number of esters is 1. The molecule has 0 spiro atoms. The van der Waals surface area contributed by atoms with Crippen LogP contribution in [0.25, 0.3) is 0 Å². The minimum absolute atomic E-state index is 0.192. The van der Waals surface area contributed by atoms with E-state index in [2.05, 4.69) is 11.3 Å². The molecule has 1 rings (SSSR count). The summed E-state index contributed by atoms with van der Waals surface area (Å²) in [6, 6.07) is 7.72. The molecular formula is C14H20N2O2S. The van der Waals surface area contributed by atoms with E-state index in [1.54, 1.807) is 0 Å². The highest BCUT2D eigenvalue weighted by atomic mass is 32.2. The van der Waals surface area contributed by atoms with E-state index in [1.165, 1.54) is 12.5 Å². The van der Waals surface area contributed by atoms with Crippen molar-refractivity contribution >= 4 is 15.6 Å². The molecule has 0 bridgehead atoms. The summed E-state index contributed by atoms with van der Waals surface area (Å²) < 4.78 is 20.5. The SMILES string of the molecule is C=CS(=N)(=N)C(C)c1cccc(CCC(=O)OC)c1. The van der Waals surface area contributed by atoms with E-state index in [-0.39, 0.29) is 11.2 Å². The summed E-state index contributed by atoms with van der Waals surface area (Å²) in [7, 11) is -0.954. The summed E-state index contributed by atoms with van der Waals surface area (Å²) >= 11 is 0. The van der Waals surface area contributed by atoms with Crippen LogP contribution < -0.4 is 0 Å². The number of hydrogen-bond acceptors (Lipinski definition) is 4. The van der Waals surface area contributed by atoms with Crippen molar-refractivity contribution < 1.29 is 9.53 Å². The Hall–Kier alpha value is -1.62. The molecule has 1 aromatic carbocycles. The molecule has 4 nitrogen and oxygen atoms in total. The predicted molar refractivity (Wildman–Crippen MR) is 78.2 cm³/mol. The first-order chi connectivity index (χ1) is 8.90. The van der Waals surface area contributed by atoms with Gasteiger partial charge in [0.05, 0.1) is 12.4 Å². The van der Waals surface area contributed by atoms with Gasteiger partial charge in [-0.2, -0.15) is 0 Å². The van der Waals surface area contributed by atoms with Crippen LogP contribution in [-0.4, -0.2) is 13.1 Å². The van der Waals surface area contributed by atoms with Gasteiger partial charge in [0.15, 0.2) is 0 Å². The van der Waals surface area contributed by atoms with E-state index in [1.807, 2.05) is 31.2 Å². The van der Waals surface area contributed by atoms with Crippen molar-refractivity contribution in [2.24, 2.45) is 0 Å². The number of rotatable bonds is 6. The molecule has 0 aliphatic heterocycles. The highest BCUT2D eigenvalue weighted by Gasteiger charge is 2.13. The number of methoxy groups -OCH3 is 1. The molecule has 0 aromatic heterocycles. The van der Waals surface area contributed by atoms with Gasteiger partial charge in [-0.25, -0.2) is 0 Å². The molecule has 0 amide bonds.